The van der Waals surface area contributed by atoms with E-state index in [2.05, 4.69) is 13.2 Å². The van der Waals surface area contributed by atoms with Crippen LogP contribution in [0, 0.1) is 0 Å². The van der Waals surface area contributed by atoms with Crippen molar-refractivity contribution >= 4 is 5.78 Å². The maximum atomic E-state index is 11.1. The fraction of sp³-hybridized carbons (Fsp3) is 0.182. The summed E-state index contributed by atoms with van der Waals surface area (Å²) in [5.41, 5.74) is 1.13. The van der Waals surface area contributed by atoms with Crippen molar-refractivity contribution in [2.24, 2.45) is 0 Å². The van der Waals surface area contributed by atoms with Gasteiger partial charge in [0.15, 0.2) is 5.78 Å². The lowest BCUT2D eigenvalue weighted by Gasteiger charge is -2.01. The van der Waals surface area contributed by atoms with Crippen LogP contribution in [0.4, 0.5) is 0 Å². The van der Waals surface area contributed by atoms with Gasteiger partial charge in [-0.25, -0.2) is 0 Å². The van der Waals surface area contributed by atoms with Gasteiger partial charge in [0.1, 0.15) is 11.5 Å². The van der Waals surface area contributed by atoms with E-state index in [-0.39, 0.29) is 17.3 Å². The highest BCUT2D eigenvalue weighted by Crippen LogP contribution is 2.33. The van der Waals surface area contributed by atoms with E-state index >= 15 is 0 Å². The molecule has 2 N–H and O–H groups in total. The number of fused-ring (bicyclic) bond motifs is 1. The number of hydrogen-bond acceptors (Lipinski definition) is 3. The van der Waals surface area contributed by atoms with E-state index in [1.165, 1.54) is 12.1 Å². The lowest BCUT2D eigenvalue weighted by atomic mass is 10.1. The van der Waals surface area contributed by atoms with Gasteiger partial charge in [0.05, 0.1) is 0 Å². The van der Waals surface area contributed by atoms with Crippen LogP contribution in [0.3, 0.4) is 0 Å². The van der Waals surface area contributed by atoms with E-state index in [9.17, 15) is 9.90 Å². The largest absolute Gasteiger partial charge is 0.508 e. The number of aromatic hydroxyl groups is 2. The van der Waals surface area contributed by atoms with Crippen LogP contribution in [0.5, 0.6) is 11.5 Å². The molecule has 1 aromatic rings. The van der Waals surface area contributed by atoms with Gasteiger partial charge in [-0.15, -0.1) is 13.2 Å². The lowest BCUT2D eigenvalue weighted by Crippen LogP contribution is -1.90. The second-order valence-electron chi connectivity index (χ2n) is 2.91. The highest BCUT2D eigenvalue weighted by molar-refractivity contribution is 6.01. The van der Waals surface area contributed by atoms with Crippen LogP contribution in [0.15, 0.2) is 25.3 Å². The van der Waals surface area contributed by atoms with Crippen molar-refractivity contribution in [1.29, 1.82) is 0 Å². The highest BCUT2D eigenvalue weighted by Gasteiger charge is 2.22. The van der Waals surface area contributed by atoms with Crippen molar-refractivity contribution in [2.45, 2.75) is 12.8 Å². The summed E-state index contributed by atoms with van der Waals surface area (Å²) in [5, 5.41) is 18.4. The quantitative estimate of drug-likeness (QED) is 0.618. The first-order valence-electron chi connectivity index (χ1n) is 4.26. The summed E-state index contributed by atoms with van der Waals surface area (Å²) < 4.78 is 0. The molecule has 3 nitrogen and oxygen atoms in total. The molecule has 1 aromatic carbocycles. The first-order chi connectivity index (χ1) is 6.68. The van der Waals surface area contributed by atoms with Crippen molar-refractivity contribution in [3.8, 4) is 11.5 Å². The average molecular weight is 192 g/mol. The summed E-state index contributed by atoms with van der Waals surface area (Å²) in [5.74, 6) is -0.0337. The van der Waals surface area contributed by atoms with Crippen LogP contribution < -0.4 is 0 Å². The van der Waals surface area contributed by atoms with Crippen molar-refractivity contribution in [3.63, 3.8) is 0 Å². The van der Waals surface area contributed by atoms with Crippen LogP contribution >= 0.6 is 0 Å². The van der Waals surface area contributed by atoms with Gasteiger partial charge in [0.25, 0.3) is 0 Å². The van der Waals surface area contributed by atoms with Gasteiger partial charge in [0, 0.05) is 23.6 Å². The van der Waals surface area contributed by atoms with Gasteiger partial charge in [-0.2, -0.15) is 0 Å². The summed E-state index contributed by atoms with van der Waals surface area (Å²) >= 11 is 0. The minimum absolute atomic E-state index is 0.00352. The monoisotopic (exact) mass is 192 g/mol. The molecule has 0 spiro atoms. The van der Waals surface area contributed by atoms with Gasteiger partial charge in [-0.1, -0.05) is 0 Å². The minimum atomic E-state index is -0.0542. The van der Waals surface area contributed by atoms with Crippen molar-refractivity contribution < 1.29 is 15.0 Å². The molecule has 0 saturated carbocycles. The lowest BCUT2D eigenvalue weighted by molar-refractivity contribution is 0.0994. The number of benzene rings is 1. The van der Waals surface area contributed by atoms with Gasteiger partial charge in [-0.05, 0) is 12.5 Å². The first-order valence-corrected chi connectivity index (χ1v) is 4.26. The van der Waals surface area contributed by atoms with Crippen LogP contribution in [-0.2, 0) is 6.42 Å². The standard InChI is InChI=1S/C9H8O3.C2H4/c10-5-3-7-6(9(12)4-5)1-2-8(7)11;1-2/h3-4,10,12H,1-2H2;1-2H2. The zero-order valence-corrected chi connectivity index (χ0v) is 7.79. The van der Waals surface area contributed by atoms with Gasteiger partial charge < -0.3 is 10.2 Å². The number of carbonyl (C=O) groups excluding carboxylic acids is 1. The topological polar surface area (TPSA) is 57.5 Å². The molecule has 74 valence electrons. The van der Waals surface area contributed by atoms with E-state index in [0.29, 0.717) is 24.0 Å². The second-order valence-corrected chi connectivity index (χ2v) is 2.91. The molecule has 0 bridgehead atoms. The maximum absolute atomic E-state index is 11.1. The Balaban J connectivity index is 0.000000461. The van der Waals surface area contributed by atoms with E-state index in [4.69, 9.17) is 5.11 Å². The third-order valence-corrected chi connectivity index (χ3v) is 2.11. The van der Waals surface area contributed by atoms with Crippen LogP contribution in [0.25, 0.3) is 0 Å². The molecule has 0 atom stereocenters. The van der Waals surface area contributed by atoms with E-state index < -0.39 is 0 Å². The number of phenols is 2. The number of carbonyl (C=O) groups is 1. The zero-order valence-electron chi connectivity index (χ0n) is 7.79. The second kappa shape index (κ2) is 3.96. The predicted octanol–water partition coefficient (Wildman–Crippen LogP) is 2.03. The summed E-state index contributed by atoms with van der Waals surface area (Å²) in [6.45, 7) is 6.00. The molecule has 2 rings (SSSR count). The van der Waals surface area contributed by atoms with Crippen molar-refractivity contribution in [2.75, 3.05) is 0 Å². The SMILES string of the molecule is C=C.O=C1CCc2c(O)cc(O)cc21. The molecule has 0 heterocycles. The maximum Gasteiger partial charge on any atom is 0.163 e. The molecule has 0 aliphatic heterocycles. The third kappa shape index (κ3) is 1.62. The number of rotatable bonds is 0. The molecule has 1 aliphatic rings. The number of Topliss-reactive ketones (excluding diaryl/α,β-unsaturated/α-hetero) is 1. The smallest absolute Gasteiger partial charge is 0.163 e. The fourth-order valence-corrected chi connectivity index (χ4v) is 1.53. The zero-order chi connectivity index (χ0) is 10.7. The summed E-state index contributed by atoms with van der Waals surface area (Å²) in [4.78, 5) is 11.1. The molecule has 0 unspecified atom stereocenters. The van der Waals surface area contributed by atoms with Crippen LogP contribution in [0.1, 0.15) is 22.3 Å². The van der Waals surface area contributed by atoms with Gasteiger partial charge in [0.2, 0.25) is 0 Å². The Morgan fingerprint density at radius 2 is 1.79 bits per heavy atom. The van der Waals surface area contributed by atoms with E-state index in [1.807, 2.05) is 0 Å². The highest BCUT2D eigenvalue weighted by atomic mass is 16.3. The Labute approximate surface area is 82.3 Å². The van der Waals surface area contributed by atoms with E-state index in [0.717, 1.165) is 0 Å². The van der Waals surface area contributed by atoms with Crippen LogP contribution in [0.2, 0.25) is 0 Å². The Kier molecular flexibility index (Phi) is 2.92. The number of ketones is 1. The molecule has 0 radical (unpaired) electrons. The third-order valence-electron chi connectivity index (χ3n) is 2.11. The predicted molar refractivity (Wildman–Crippen MR) is 53.7 cm³/mol. The average Bonchev–Trinajstić information content (AvgIpc) is 2.52. The van der Waals surface area contributed by atoms with Gasteiger partial charge in [-0.3, -0.25) is 4.79 Å². The van der Waals surface area contributed by atoms with Gasteiger partial charge >= 0.3 is 0 Å². The van der Waals surface area contributed by atoms with Crippen molar-refractivity contribution in [3.05, 3.63) is 36.4 Å². The fourth-order valence-electron chi connectivity index (χ4n) is 1.53. The molecule has 0 aromatic heterocycles. The molecular formula is C11H12O3. The number of hydrogen-bond donors (Lipinski definition) is 2. The summed E-state index contributed by atoms with van der Waals surface area (Å²) in [6, 6.07) is 2.67. The molecule has 0 fully saturated rings. The Morgan fingerprint density at radius 1 is 1.14 bits per heavy atom. The molecule has 0 amide bonds. The summed E-state index contributed by atoms with van der Waals surface area (Å²) in [6.07, 6.45) is 1.02. The molecule has 1 aliphatic carbocycles. The first kappa shape index (κ1) is 10.3. The molecule has 0 saturated heterocycles. The Hall–Kier alpha value is -1.77. The Bertz CT molecular complexity index is 369. The van der Waals surface area contributed by atoms with Crippen LogP contribution in [-0.4, -0.2) is 16.0 Å². The normalized spacial score (nSPS) is 13.0. The Morgan fingerprint density at radius 3 is 2.43 bits per heavy atom. The minimum Gasteiger partial charge on any atom is -0.508 e. The summed E-state index contributed by atoms with van der Waals surface area (Å²) in [7, 11) is 0. The molecule has 14 heavy (non-hydrogen) atoms. The molecular weight excluding hydrogens is 180 g/mol. The van der Waals surface area contributed by atoms with Crippen molar-refractivity contribution in [1.82, 2.24) is 0 Å². The van der Waals surface area contributed by atoms with E-state index in [1.54, 1.807) is 0 Å². The number of phenolic OH excluding ortho intramolecular Hbond substituents is 2. The molecule has 3 heteroatoms.